The van der Waals surface area contributed by atoms with Gasteiger partial charge in [-0.2, -0.15) is 5.26 Å². The van der Waals surface area contributed by atoms with E-state index in [9.17, 15) is 0 Å². The van der Waals surface area contributed by atoms with Gasteiger partial charge in [0.05, 0.1) is 11.8 Å². The van der Waals surface area contributed by atoms with Gasteiger partial charge in [-0.3, -0.25) is 0 Å². The number of imidazole rings is 1. The van der Waals surface area contributed by atoms with Gasteiger partial charge in [-0.25, -0.2) is 4.98 Å². The molecule has 1 atom stereocenters. The van der Waals surface area contributed by atoms with Crippen LogP contribution in [0.5, 0.6) is 0 Å². The van der Waals surface area contributed by atoms with Gasteiger partial charge in [0.15, 0.2) is 0 Å². The molecule has 0 spiro atoms. The van der Waals surface area contributed by atoms with Crippen LogP contribution in [0.3, 0.4) is 0 Å². The average molecular weight is 298 g/mol. The van der Waals surface area contributed by atoms with Crippen molar-refractivity contribution in [3.05, 3.63) is 16.1 Å². The molecule has 0 N–H and O–H groups in total. The fourth-order valence-corrected chi connectivity index (χ4v) is 2.67. The lowest BCUT2D eigenvalue weighted by atomic mass is 10.2. The topological polar surface area (TPSA) is 41.6 Å². The molecule has 0 bridgehead atoms. The molecule has 1 aromatic rings. The van der Waals surface area contributed by atoms with Crippen LogP contribution in [0.1, 0.15) is 57.6 Å². The Bertz CT molecular complexity index is 404. The van der Waals surface area contributed by atoms with Gasteiger partial charge >= 0.3 is 0 Å². The first kappa shape index (κ1) is 14.2. The second-order valence-electron chi connectivity index (χ2n) is 4.29. The van der Waals surface area contributed by atoms with E-state index < -0.39 is 0 Å². The fraction of sp³-hybridized carbons (Fsp3) is 0.692. The number of aryl methyl sites for hydroxylation is 2. The smallest absolute Gasteiger partial charge is 0.120 e. The summed E-state index contributed by atoms with van der Waals surface area (Å²) in [5.41, 5.74) is 1.08. The number of nitriles is 1. The second-order valence-corrected chi connectivity index (χ2v) is 5.05. The third-order valence-electron chi connectivity index (χ3n) is 2.81. The van der Waals surface area contributed by atoms with Crippen LogP contribution in [-0.2, 0) is 12.8 Å². The summed E-state index contributed by atoms with van der Waals surface area (Å²) < 4.78 is 3.01. The molecular weight excluding hydrogens is 278 g/mol. The van der Waals surface area contributed by atoms with Crippen molar-refractivity contribution < 1.29 is 0 Å². The Morgan fingerprint density at radius 2 is 2.06 bits per heavy atom. The summed E-state index contributed by atoms with van der Waals surface area (Å²) in [6.07, 6.45) is 5.25. The number of unbranched alkanes of at least 4 members (excludes halogenated alkanes) is 1. The normalized spacial score (nSPS) is 12.4. The summed E-state index contributed by atoms with van der Waals surface area (Å²) in [7, 11) is 0. The lowest BCUT2D eigenvalue weighted by Gasteiger charge is -2.10. The highest BCUT2D eigenvalue weighted by Crippen LogP contribution is 2.25. The van der Waals surface area contributed by atoms with E-state index in [1.165, 1.54) is 0 Å². The Balaban J connectivity index is 3.08. The minimum Gasteiger partial charge on any atom is -0.306 e. The third-order valence-corrected chi connectivity index (χ3v) is 3.65. The van der Waals surface area contributed by atoms with Gasteiger partial charge in [0.25, 0.3) is 0 Å². The van der Waals surface area contributed by atoms with Gasteiger partial charge in [0.2, 0.25) is 0 Å². The van der Waals surface area contributed by atoms with Gasteiger partial charge in [-0.15, -0.1) is 0 Å². The summed E-state index contributed by atoms with van der Waals surface area (Å²) in [4.78, 5) is 4.67. The molecule has 4 heteroatoms. The van der Waals surface area contributed by atoms with Crippen LogP contribution in [0, 0.1) is 11.3 Å². The zero-order chi connectivity index (χ0) is 12.8. The van der Waals surface area contributed by atoms with Gasteiger partial charge in [0, 0.05) is 6.42 Å². The first-order valence-electron chi connectivity index (χ1n) is 6.30. The molecule has 94 valence electrons. The SMILES string of the molecule is CCCCc1nc(CCC)c(Br)n1C(C)C#N. The zero-order valence-corrected chi connectivity index (χ0v) is 12.4. The van der Waals surface area contributed by atoms with E-state index >= 15 is 0 Å². The highest BCUT2D eigenvalue weighted by atomic mass is 79.9. The maximum absolute atomic E-state index is 9.08. The van der Waals surface area contributed by atoms with E-state index in [0.717, 1.165) is 48.2 Å². The maximum atomic E-state index is 9.08. The molecule has 1 unspecified atom stereocenters. The third kappa shape index (κ3) is 3.32. The molecule has 0 saturated heterocycles. The monoisotopic (exact) mass is 297 g/mol. The number of aromatic nitrogens is 2. The number of rotatable bonds is 6. The molecule has 1 rings (SSSR count). The van der Waals surface area contributed by atoms with E-state index in [-0.39, 0.29) is 6.04 Å². The lowest BCUT2D eigenvalue weighted by Crippen LogP contribution is -2.08. The van der Waals surface area contributed by atoms with Crippen LogP contribution in [0.15, 0.2) is 4.60 Å². The maximum Gasteiger partial charge on any atom is 0.120 e. The molecule has 0 aliphatic carbocycles. The number of nitrogens with zero attached hydrogens (tertiary/aromatic N) is 3. The van der Waals surface area contributed by atoms with Crippen molar-refractivity contribution >= 4 is 15.9 Å². The molecule has 17 heavy (non-hydrogen) atoms. The molecule has 0 aliphatic heterocycles. The van der Waals surface area contributed by atoms with E-state index in [2.05, 4.69) is 40.8 Å². The Morgan fingerprint density at radius 1 is 1.35 bits per heavy atom. The van der Waals surface area contributed by atoms with Crippen molar-refractivity contribution in [2.75, 3.05) is 0 Å². The van der Waals surface area contributed by atoms with Gasteiger partial charge in [0.1, 0.15) is 16.5 Å². The lowest BCUT2D eigenvalue weighted by molar-refractivity contribution is 0.602. The summed E-state index contributed by atoms with van der Waals surface area (Å²) in [5.74, 6) is 1.04. The second kappa shape index (κ2) is 6.80. The Kier molecular flexibility index (Phi) is 5.70. The first-order valence-corrected chi connectivity index (χ1v) is 7.10. The first-order chi connectivity index (χ1) is 8.15. The molecule has 1 aromatic heterocycles. The summed E-state index contributed by atoms with van der Waals surface area (Å²) >= 11 is 3.59. The van der Waals surface area contributed by atoms with Crippen molar-refractivity contribution in [2.24, 2.45) is 0 Å². The largest absolute Gasteiger partial charge is 0.306 e. The molecule has 1 heterocycles. The Labute approximate surface area is 112 Å². The number of hydrogen-bond donors (Lipinski definition) is 0. The van der Waals surface area contributed by atoms with Crippen LogP contribution in [-0.4, -0.2) is 9.55 Å². The van der Waals surface area contributed by atoms with Crippen molar-refractivity contribution in [3.8, 4) is 6.07 Å². The molecule has 0 amide bonds. The van der Waals surface area contributed by atoms with E-state index in [4.69, 9.17) is 5.26 Å². The minimum absolute atomic E-state index is 0.158. The molecule has 0 radical (unpaired) electrons. The summed E-state index contributed by atoms with van der Waals surface area (Å²) in [6.45, 7) is 6.23. The van der Waals surface area contributed by atoms with Crippen LogP contribution in [0.2, 0.25) is 0 Å². The van der Waals surface area contributed by atoms with Crippen LogP contribution >= 0.6 is 15.9 Å². The van der Waals surface area contributed by atoms with Crippen LogP contribution in [0.4, 0.5) is 0 Å². The van der Waals surface area contributed by atoms with E-state index in [0.29, 0.717) is 0 Å². The summed E-state index contributed by atoms with van der Waals surface area (Å²) in [5, 5.41) is 9.08. The fourth-order valence-electron chi connectivity index (χ4n) is 1.87. The van der Waals surface area contributed by atoms with Crippen molar-refractivity contribution in [2.45, 2.75) is 58.9 Å². The Morgan fingerprint density at radius 3 is 2.59 bits per heavy atom. The predicted octanol–water partition coefficient (Wildman–Crippen LogP) is 4.03. The molecule has 0 aromatic carbocycles. The van der Waals surface area contributed by atoms with E-state index in [1.807, 2.05) is 11.5 Å². The van der Waals surface area contributed by atoms with E-state index in [1.54, 1.807) is 0 Å². The highest BCUT2D eigenvalue weighted by Gasteiger charge is 2.18. The zero-order valence-electron chi connectivity index (χ0n) is 10.8. The van der Waals surface area contributed by atoms with Crippen LogP contribution < -0.4 is 0 Å². The van der Waals surface area contributed by atoms with Crippen molar-refractivity contribution in [3.63, 3.8) is 0 Å². The van der Waals surface area contributed by atoms with Crippen molar-refractivity contribution in [1.82, 2.24) is 9.55 Å². The number of hydrogen-bond acceptors (Lipinski definition) is 2. The summed E-state index contributed by atoms with van der Waals surface area (Å²) in [6, 6.07) is 2.13. The number of halogens is 1. The standard InChI is InChI=1S/C13H20BrN3/c1-4-6-8-12-16-11(7-5-2)13(14)17(12)10(3)9-15/h10H,4-8H2,1-3H3. The average Bonchev–Trinajstić information content (AvgIpc) is 2.63. The molecule has 0 fully saturated rings. The Hall–Kier alpha value is -0.820. The molecular formula is C13H20BrN3. The molecule has 3 nitrogen and oxygen atoms in total. The predicted molar refractivity (Wildman–Crippen MR) is 72.9 cm³/mol. The van der Waals surface area contributed by atoms with Gasteiger partial charge in [-0.1, -0.05) is 26.7 Å². The van der Waals surface area contributed by atoms with Gasteiger partial charge < -0.3 is 4.57 Å². The van der Waals surface area contributed by atoms with Crippen molar-refractivity contribution in [1.29, 1.82) is 5.26 Å². The van der Waals surface area contributed by atoms with Gasteiger partial charge in [-0.05, 0) is 35.7 Å². The molecule has 0 aliphatic rings. The minimum atomic E-state index is -0.158. The molecule has 0 saturated carbocycles. The quantitative estimate of drug-likeness (QED) is 0.795. The highest BCUT2D eigenvalue weighted by molar-refractivity contribution is 9.10. The van der Waals surface area contributed by atoms with Crippen LogP contribution in [0.25, 0.3) is 0 Å².